The van der Waals surface area contributed by atoms with Crippen molar-refractivity contribution < 1.29 is 4.74 Å². The van der Waals surface area contributed by atoms with E-state index >= 15 is 0 Å². The predicted molar refractivity (Wildman–Crippen MR) is 51.6 cm³/mol. The van der Waals surface area contributed by atoms with Crippen LogP contribution in [0.1, 0.15) is 5.56 Å². The maximum absolute atomic E-state index is 8.71. The van der Waals surface area contributed by atoms with Crippen LogP contribution in [0, 0.1) is 11.3 Å². The topological polar surface area (TPSA) is 84.0 Å². The van der Waals surface area contributed by atoms with E-state index in [2.05, 4.69) is 9.69 Å². The van der Waals surface area contributed by atoms with Crippen LogP contribution in [0.25, 0.3) is 0 Å². The Morgan fingerprint density at radius 2 is 2.54 bits per heavy atom. The van der Waals surface area contributed by atoms with Gasteiger partial charge in [-0.15, -0.1) is 0 Å². The van der Waals surface area contributed by atoms with E-state index in [0.717, 1.165) is 0 Å². The Morgan fingerprint density at radius 3 is 3.15 bits per heavy atom. The van der Waals surface area contributed by atoms with Gasteiger partial charge in [0.1, 0.15) is 16.6 Å². The van der Waals surface area contributed by atoms with E-state index in [-0.39, 0.29) is 5.82 Å². The van der Waals surface area contributed by atoms with Gasteiger partial charge in [0.25, 0.3) is 0 Å². The second kappa shape index (κ2) is 4.64. The molecule has 0 aromatic carbocycles. The van der Waals surface area contributed by atoms with Gasteiger partial charge in [0, 0.05) is 13.7 Å². The minimum atomic E-state index is 0.285. The Labute approximate surface area is 80.3 Å². The first-order chi connectivity index (χ1) is 6.29. The summed E-state index contributed by atoms with van der Waals surface area (Å²) >= 11 is 1.19. The first kappa shape index (κ1) is 9.77. The minimum absolute atomic E-state index is 0.285. The molecule has 3 N–H and O–H groups in total. The molecular weight excluding hydrogens is 188 g/mol. The van der Waals surface area contributed by atoms with Crippen molar-refractivity contribution in [3.05, 3.63) is 5.56 Å². The van der Waals surface area contributed by atoms with Gasteiger partial charge in [-0.2, -0.15) is 9.64 Å². The number of hydrogen-bond donors (Lipinski definition) is 2. The zero-order chi connectivity index (χ0) is 9.68. The number of hydrogen-bond acceptors (Lipinski definition) is 6. The molecule has 0 unspecified atom stereocenters. The van der Waals surface area contributed by atoms with E-state index in [4.69, 9.17) is 15.7 Å². The average Bonchev–Trinajstić information content (AvgIpc) is 2.47. The van der Waals surface area contributed by atoms with Gasteiger partial charge in [0.05, 0.1) is 6.61 Å². The van der Waals surface area contributed by atoms with E-state index in [1.807, 2.05) is 6.07 Å². The molecule has 0 fully saturated rings. The van der Waals surface area contributed by atoms with Gasteiger partial charge in [-0.05, 0) is 11.5 Å². The van der Waals surface area contributed by atoms with Crippen LogP contribution in [0.15, 0.2) is 0 Å². The van der Waals surface area contributed by atoms with Gasteiger partial charge >= 0.3 is 0 Å². The molecule has 0 bridgehead atoms. The maximum atomic E-state index is 8.71. The molecule has 0 amide bonds. The summed E-state index contributed by atoms with van der Waals surface area (Å²) < 4.78 is 8.71. The number of nitriles is 1. The van der Waals surface area contributed by atoms with Gasteiger partial charge in [-0.3, -0.25) is 0 Å². The summed E-state index contributed by atoms with van der Waals surface area (Å²) in [7, 11) is 1.62. The highest BCUT2D eigenvalue weighted by Gasteiger charge is 2.09. The zero-order valence-corrected chi connectivity index (χ0v) is 8.02. The molecule has 1 aromatic heterocycles. The normalized spacial score (nSPS) is 9.54. The number of ether oxygens (including phenoxy) is 1. The van der Waals surface area contributed by atoms with Crippen molar-refractivity contribution in [1.29, 1.82) is 5.26 Å². The van der Waals surface area contributed by atoms with Crippen LogP contribution in [-0.2, 0) is 4.74 Å². The van der Waals surface area contributed by atoms with Crippen molar-refractivity contribution in [2.24, 2.45) is 0 Å². The molecule has 70 valence electrons. The van der Waals surface area contributed by atoms with E-state index in [1.54, 1.807) is 7.11 Å². The maximum Gasteiger partial charge on any atom is 0.157 e. The van der Waals surface area contributed by atoms with E-state index in [9.17, 15) is 0 Å². The molecule has 0 atom stereocenters. The zero-order valence-electron chi connectivity index (χ0n) is 7.20. The summed E-state index contributed by atoms with van der Waals surface area (Å²) in [4.78, 5) is 0. The smallest absolute Gasteiger partial charge is 0.157 e. The van der Waals surface area contributed by atoms with Crippen LogP contribution < -0.4 is 11.1 Å². The standard InChI is InChI=1S/C7H10N4OS/c1-12-3-2-10-7-5(4-8)6(9)11-13-7/h10H,2-3H2,1H3,(H2,9,11). The molecular formula is C7H10N4OS. The van der Waals surface area contributed by atoms with Crippen molar-refractivity contribution in [1.82, 2.24) is 4.37 Å². The lowest BCUT2D eigenvalue weighted by molar-refractivity contribution is 0.211. The van der Waals surface area contributed by atoms with Crippen molar-refractivity contribution in [3.63, 3.8) is 0 Å². The Hall–Kier alpha value is -1.32. The number of anilines is 2. The number of aromatic nitrogens is 1. The second-order valence-corrected chi connectivity index (χ2v) is 3.08. The van der Waals surface area contributed by atoms with Crippen LogP contribution in [0.4, 0.5) is 10.8 Å². The molecule has 5 nitrogen and oxygen atoms in total. The van der Waals surface area contributed by atoms with Crippen molar-refractivity contribution in [3.8, 4) is 6.07 Å². The molecule has 0 aliphatic carbocycles. The molecule has 1 aromatic rings. The Balaban J connectivity index is 2.62. The summed E-state index contributed by atoms with van der Waals surface area (Å²) in [6.07, 6.45) is 0. The predicted octanol–water partition coefficient (Wildman–Crippen LogP) is 0.655. The molecule has 0 spiro atoms. The molecule has 6 heteroatoms. The SMILES string of the molecule is COCCNc1snc(N)c1C#N. The third kappa shape index (κ3) is 2.31. The largest absolute Gasteiger partial charge is 0.383 e. The summed E-state index contributed by atoms with van der Waals surface area (Å²) in [5.74, 6) is 0.285. The van der Waals surface area contributed by atoms with Crippen molar-refractivity contribution in [2.75, 3.05) is 31.3 Å². The van der Waals surface area contributed by atoms with Crippen molar-refractivity contribution in [2.45, 2.75) is 0 Å². The quantitative estimate of drug-likeness (QED) is 0.694. The van der Waals surface area contributed by atoms with E-state index in [0.29, 0.717) is 23.7 Å². The average molecular weight is 198 g/mol. The third-order valence-electron chi connectivity index (χ3n) is 1.42. The Morgan fingerprint density at radius 1 is 1.77 bits per heavy atom. The van der Waals surface area contributed by atoms with Gasteiger partial charge in [-0.1, -0.05) is 0 Å². The van der Waals surface area contributed by atoms with Crippen LogP contribution in [-0.4, -0.2) is 24.6 Å². The monoisotopic (exact) mass is 198 g/mol. The molecule has 1 rings (SSSR count). The third-order valence-corrected chi connectivity index (χ3v) is 2.24. The Kier molecular flexibility index (Phi) is 3.49. The lowest BCUT2D eigenvalue weighted by Gasteiger charge is -2.01. The highest BCUT2D eigenvalue weighted by molar-refractivity contribution is 7.10. The Bertz CT molecular complexity index is 317. The summed E-state index contributed by atoms with van der Waals surface area (Å²) in [6.45, 7) is 1.23. The number of rotatable bonds is 4. The number of nitrogen functional groups attached to an aromatic ring is 1. The van der Waals surface area contributed by atoms with Crippen LogP contribution >= 0.6 is 11.5 Å². The fourth-order valence-corrected chi connectivity index (χ4v) is 1.49. The second-order valence-electron chi connectivity index (χ2n) is 2.30. The van der Waals surface area contributed by atoms with E-state index in [1.165, 1.54) is 11.5 Å². The van der Waals surface area contributed by atoms with Gasteiger partial charge < -0.3 is 15.8 Å². The van der Waals surface area contributed by atoms with Crippen molar-refractivity contribution >= 4 is 22.4 Å². The lowest BCUT2D eigenvalue weighted by Crippen LogP contribution is -2.07. The molecule has 0 aliphatic heterocycles. The first-order valence-corrected chi connectivity index (χ1v) is 4.45. The number of methoxy groups -OCH3 is 1. The summed E-state index contributed by atoms with van der Waals surface area (Å²) in [5, 5.41) is 12.4. The molecule has 0 saturated heterocycles. The number of nitrogens with zero attached hydrogens (tertiary/aromatic N) is 2. The molecule has 1 heterocycles. The number of nitrogens with one attached hydrogen (secondary N) is 1. The summed E-state index contributed by atoms with van der Waals surface area (Å²) in [5.41, 5.74) is 5.88. The first-order valence-electron chi connectivity index (χ1n) is 3.67. The highest BCUT2D eigenvalue weighted by Crippen LogP contribution is 2.24. The lowest BCUT2D eigenvalue weighted by atomic mass is 10.3. The fraction of sp³-hybridized carbons (Fsp3) is 0.429. The molecule has 0 radical (unpaired) electrons. The minimum Gasteiger partial charge on any atom is -0.383 e. The van der Waals surface area contributed by atoms with Crippen LogP contribution in [0.2, 0.25) is 0 Å². The molecule has 0 saturated carbocycles. The van der Waals surface area contributed by atoms with Crippen LogP contribution in [0.5, 0.6) is 0 Å². The summed E-state index contributed by atoms with van der Waals surface area (Å²) in [6, 6.07) is 1.99. The fourth-order valence-electron chi connectivity index (χ4n) is 0.798. The number of nitrogens with two attached hydrogens (primary N) is 1. The van der Waals surface area contributed by atoms with E-state index < -0.39 is 0 Å². The molecule has 0 aliphatic rings. The van der Waals surface area contributed by atoms with Gasteiger partial charge in [-0.25, -0.2) is 0 Å². The van der Waals surface area contributed by atoms with Crippen LogP contribution in [0.3, 0.4) is 0 Å². The molecule has 13 heavy (non-hydrogen) atoms. The van der Waals surface area contributed by atoms with Gasteiger partial charge in [0.15, 0.2) is 5.82 Å². The van der Waals surface area contributed by atoms with Gasteiger partial charge in [0.2, 0.25) is 0 Å². The highest BCUT2D eigenvalue weighted by atomic mass is 32.1.